The van der Waals surface area contributed by atoms with Crippen molar-refractivity contribution in [3.05, 3.63) is 29.3 Å². The summed E-state index contributed by atoms with van der Waals surface area (Å²) in [5.74, 6) is 0. The number of nitrogens with one attached hydrogen (secondary N) is 1. The van der Waals surface area contributed by atoms with Crippen molar-refractivity contribution in [1.82, 2.24) is 4.90 Å². The molecule has 0 saturated heterocycles. The van der Waals surface area contributed by atoms with Gasteiger partial charge in [0, 0.05) is 19.3 Å². The standard InChI is InChI=1S/C11H18N2/c1-9-7-11(12-2)6-5-10(9)8-13(3)4/h5-7,12H,8H2,1-4H3. The van der Waals surface area contributed by atoms with Crippen molar-refractivity contribution in [2.75, 3.05) is 26.5 Å². The second-order valence-electron chi connectivity index (χ2n) is 3.63. The Bertz CT molecular complexity index is 279. The highest BCUT2D eigenvalue weighted by atomic mass is 15.0. The van der Waals surface area contributed by atoms with Gasteiger partial charge in [0.1, 0.15) is 0 Å². The van der Waals surface area contributed by atoms with Gasteiger partial charge in [0.25, 0.3) is 0 Å². The van der Waals surface area contributed by atoms with Crippen LogP contribution in [0.1, 0.15) is 11.1 Å². The van der Waals surface area contributed by atoms with Crippen LogP contribution in [0.4, 0.5) is 5.69 Å². The summed E-state index contributed by atoms with van der Waals surface area (Å²) in [6.45, 7) is 3.16. The highest BCUT2D eigenvalue weighted by molar-refractivity contribution is 5.47. The number of rotatable bonds is 3. The molecule has 0 fully saturated rings. The van der Waals surface area contributed by atoms with Crippen LogP contribution in [0.5, 0.6) is 0 Å². The van der Waals surface area contributed by atoms with E-state index in [4.69, 9.17) is 0 Å². The molecule has 0 unspecified atom stereocenters. The molecule has 72 valence electrons. The molecular formula is C11H18N2. The van der Waals surface area contributed by atoms with E-state index in [1.165, 1.54) is 16.8 Å². The van der Waals surface area contributed by atoms with Gasteiger partial charge in [0.15, 0.2) is 0 Å². The Kier molecular flexibility index (Phi) is 3.32. The van der Waals surface area contributed by atoms with Crippen LogP contribution in [0.15, 0.2) is 18.2 Å². The Hall–Kier alpha value is -1.02. The van der Waals surface area contributed by atoms with Crippen LogP contribution < -0.4 is 5.32 Å². The van der Waals surface area contributed by atoms with Gasteiger partial charge in [-0.3, -0.25) is 0 Å². The number of aryl methyl sites for hydroxylation is 1. The molecule has 0 saturated carbocycles. The van der Waals surface area contributed by atoms with E-state index in [0.29, 0.717) is 0 Å². The van der Waals surface area contributed by atoms with Crippen molar-refractivity contribution in [2.45, 2.75) is 13.5 Å². The van der Waals surface area contributed by atoms with E-state index in [2.05, 4.69) is 49.4 Å². The fraction of sp³-hybridized carbons (Fsp3) is 0.455. The second-order valence-corrected chi connectivity index (χ2v) is 3.63. The Morgan fingerprint density at radius 3 is 2.46 bits per heavy atom. The van der Waals surface area contributed by atoms with Gasteiger partial charge in [0.2, 0.25) is 0 Å². The first kappa shape index (κ1) is 10.1. The SMILES string of the molecule is CNc1ccc(CN(C)C)c(C)c1. The number of benzene rings is 1. The molecule has 0 amide bonds. The molecule has 0 aliphatic carbocycles. The number of nitrogens with zero attached hydrogens (tertiary/aromatic N) is 1. The molecule has 0 bridgehead atoms. The maximum Gasteiger partial charge on any atom is 0.0340 e. The van der Waals surface area contributed by atoms with Crippen LogP contribution in [-0.4, -0.2) is 26.0 Å². The Morgan fingerprint density at radius 2 is 2.00 bits per heavy atom. The first-order valence-electron chi connectivity index (χ1n) is 4.55. The topological polar surface area (TPSA) is 15.3 Å². The molecule has 1 rings (SSSR count). The molecule has 2 heteroatoms. The molecule has 1 aromatic carbocycles. The van der Waals surface area contributed by atoms with Gasteiger partial charge in [0.05, 0.1) is 0 Å². The van der Waals surface area contributed by atoms with E-state index < -0.39 is 0 Å². The minimum Gasteiger partial charge on any atom is -0.388 e. The van der Waals surface area contributed by atoms with Crippen molar-refractivity contribution in [2.24, 2.45) is 0 Å². The quantitative estimate of drug-likeness (QED) is 0.762. The van der Waals surface area contributed by atoms with Gasteiger partial charge in [-0.05, 0) is 44.3 Å². The zero-order valence-electron chi connectivity index (χ0n) is 8.89. The van der Waals surface area contributed by atoms with Crippen LogP contribution in [0.2, 0.25) is 0 Å². The van der Waals surface area contributed by atoms with Crippen molar-refractivity contribution in [3.8, 4) is 0 Å². The molecule has 0 heterocycles. The summed E-state index contributed by atoms with van der Waals surface area (Å²) >= 11 is 0. The lowest BCUT2D eigenvalue weighted by atomic mass is 10.1. The Balaban J connectivity index is 2.85. The lowest BCUT2D eigenvalue weighted by Crippen LogP contribution is -2.11. The van der Waals surface area contributed by atoms with Crippen molar-refractivity contribution in [3.63, 3.8) is 0 Å². The first-order valence-corrected chi connectivity index (χ1v) is 4.55. The monoisotopic (exact) mass is 178 g/mol. The van der Waals surface area contributed by atoms with Gasteiger partial charge in [-0.15, -0.1) is 0 Å². The third kappa shape index (κ3) is 2.74. The molecule has 1 N–H and O–H groups in total. The van der Waals surface area contributed by atoms with Crippen molar-refractivity contribution < 1.29 is 0 Å². The molecule has 13 heavy (non-hydrogen) atoms. The predicted molar refractivity (Wildman–Crippen MR) is 58.1 cm³/mol. The van der Waals surface area contributed by atoms with Gasteiger partial charge in [-0.2, -0.15) is 0 Å². The minimum atomic E-state index is 1.01. The van der Waals surface area contributed by atoms with E-state index in [-0.39, 0.29) is 0 Å². The van der Waals surface area contributed by atoms with Crippen LogP contribution in [0.25, 0.3) is 0 Å². The Morgan fingerprint density at radius 1 is 1.31 bits per heavy atom. The molecule has 0 spiro atoms. The summed E-state index contributed by atoms with van der Waals surface area (Å²) in [4.78, 5) is 2.18. The van der Waals surface area contributed by atoms with Gasteiger partial charge < -0.3 is 10.2 Å². The zero-order chi connectivity index (χ0) is 9.84. The molecule has 0 radical (unpaired) electrons. The summed E-state index contributed by atoms with van der Waals surface area (Å²) in [5.41, 5.74) is 3.92. The third-order valence-corrected chi connectivity index (χ3v) is 2.12. The van der Waals surface area contributed by atoms with Crippen LogP contribution in [0.3, 0.4) is 0 Å². The van der Waals surface area contributed by atoms with Gasteiger partial charge >= 0.3 is 0 Å². The fourth-order valence-corrected chi connectivity index (χ4v) is 1.37. The maximum atomic E-state index is 3.13. The van der Waals surface area contributed by atoms with Crippen LogP contribution in [-0.2, 0) is 6.54 Å². The fourth-order valence-electron chi connectivity index (χ4n) is 1.37. The summed E-state index contributed by atoms with van der Waals surface area (Å²) in [6, 6.07) is 6.48. The van der Waals surface area contributed by atoms with Gasteiger partial charge in [-0.1, -0.05) is 6.07 Å². The molecule has 0 aliphatic rings. The number of hydrogen-bond donors (Lipinski definition) is 1. The lowest BCUT2D eigenvalue weighted by Gasteiger charge is -2.13. The molecular weight excluding hydrogens is 160 g/mol. The highest BCUT2D eigenvalue weighted by Gasteiger charge is 1.99. The van der Waals surface area contributed by atoms with Crippen LogP contribution >= 0.6 is 0 Å². The van der Waals surface area contributed by atoms with Crippen LogP contribution in [0, 0.1) is 6.92 Å². The van der Waals surface area contributed by atoms with Gasteiger partial charge in [-0.25, -0.2) is 0 Å². The van der Waals surface area contributed by atoms with Crippen molar-refractivity contribution in [1.29, 1.82) is 0 Å². The van der Waals surface area contributed by atoms with E-state index in [1.807, 2.05) is 7.05 Å². The van der Waals surface area contributed by atoms with Crippen molar-refractivity contribution >= 4 is 5.69 Å². The lowest BCUT2D eigenvalue weighted by molar-refractivity contribution is 0.401. The summed E-state index contributed by atoms with van der Waals surface area (Å²) in [7, 11) is 6.12. The first-order chi connectivity index (χ1) is 6.13. The van der Waals surface area contributed by atoms with E-state index >= 15 is 0 Å². The average Bonchev–Trinajstić information content (AvgIpc) is 2.08. The second kappa shape index (κ2) is 4.28. The van der Waals surface area contributed by atoms with E-state index in [0.717, 1.165) is 6.54 Å². The third-order valence-electron chi connectivity index (χ3n) is 2.12. The molecule has 2 nitrogen and oxygen atoms in total. The van der Waals surface area contributed by atoms with E-state index in [1.54, 1.807) is 0 Å². The predicted octanol–water partition coefficient (Wildman–Crippen LogP) is 2.10. The summed E-state index contributed by atoms with van der Waals surface area (Å²) in [5, 5.41) is 3.13. The highest BCUT2D eigenvalue weighted by Crippen LogP contribution is 2.15. The minimum absolute atomic E-state index is 1.01. The molecule has 0 atom stereocenters. The smallest absolute Gasteiger partial charge is 0.0340 e. The Labute approximate surface area is 80.6 Å². The number of anilines is 1. The number of hydrogen-bond acceptors (Lipinski definition) is 2. The zero-order valence-corrected chi connectivity index (χ0v) is 8.89. The van der Waals surface area contributed by atoms with E-state index in [9.17, 15) is 0 Å². The summed E-state index contributed by atoms with van der Waals surface area (Å²) in [6.07, 6.45) is 0. The molecule has 1 aromatic rings. The molecule has 0 aliphatic heterocycles. The maximum absolute atomic E-state index is 3.13. The molecule has 0 aromatic heterocycles. The largest absolute Gasteiger partial charge is 0.388 e. The normalized spacial score (nSPS) is 10.5. The average molecular weight is 178 g/mol. The summed E-state index contributed by atoms with van der Waals surface area (Å²) < 4.78 is 0.